The van der Waals surface area contributed by atoms with E-state index < -0.39 is 16.9 Å². The average Bonchev–Trinajstić information content (AvgIpc) is 3.44. The molecule has 4 N–H and O–H groups in total. The molecule has 0 bridgehead atoms. The number of ether oxygens (including phenoxy) is 2. The highest BCUT2D eigenvalue weighted by Gasteiger charge is 2.49. The highest BCUT2D eigenvalue weighted by atomic mass is 16.5. The quantitative estimate of drug-likeness (QED) is 0.383. The predicted molar refractivity (Wildman–Crippen MR) is 169 cm³/mol. The molecule has 0 aromatic heterocycles. The topological polar surface area (TPSA) is 135 Å². The Balaban J connectivity index is 1.11. The fraction of sp³-hybridized carbons (Fsp3) is 0.543. The van der Waals surface area contributed by atoms with E-state index in [9.17, 15) is 19.2 Å². The van der Waals surface area contributed by atoms with Crippen LogP contribution < -0.4 is 21.3 Å². The van der Waals surface area contributed by atoms with Crippen LogP contribution in [0.25, 0.3) is 0 Å². The summed E-state index contributed by atoms with van der Waals surface area (Å²) in [5.74, 6) is -0.677. The van der Waals surface area contributed by atoms with E-state index in [1.165, 1.54) is 6.42 Å². The van der Waals surface area contributed by atoms with Crippen molar-refractivity contribution >= 4 is 40.7 Å². The Hall–Kier alpha value is -3.76. The Morgan fingerprint density at radius 2 is 1.27 bits per heavy atom. The van der Waals surface area contributed by atoms with Gasteiger partial charge in [-0.15, -0.1) is 0 Å². The van der Waals surface area contributed by atoms with E-state index in [-0.39, 0.29) is 29.5 Å². The van der Waals surface area contributed by atoms with Gasteiger partial charge >= 0.3 is 0 Å². The SMILES string of the molecule is O=C(NC(C(=O)Nc1ccc2c(c1)NC(=O)C21CCOCC1)C1CCCCCCC1)c1ccc2c(c1)NC(=O)C21CCOCC1. The van der Waals surface area contributed by atoms with E-state index in [2.05, 4.69) is 21.3 Å². The van der Waals surface area contributed by atoms with E-state index in [1.807, 2.05) is 24.3 Å². The molecule has 1 atom stereocenters. The molecule has 2 aromatic carbocycles. The maximum Gasteiger partial charge on any atom is 0.252 e. The summed E-state index contributed by atoms with van der Waals surface area (Å²) in [6.45, 7) is 2.14. The van der Waals surface area contributed by atoms with Crippen molar-refractivity contribution in [3.63, 3.8) is 0 Å². The monoisotopic (exact) mass is 614 g/mol. The van der Waals surface area contributed by atoms with Gasteiger partial charge in [-0.2, -0.15) is 0 Å². The van der Waals surface area contributed by atoms with E-state index >= 15 is 0 Å². The zero-order chi connectivity index (χ0) is 31.0. The van der Waals surface area contributed by atoms with Gasteiger partial charge in [0.2, 0.25) is 17.7 Å². The molecule has 7 rings (SSSR count). The van der Waals surface area contributed by atoms with Crippen molar-refractivity contribution in [1.82, 2.24) is 5.32 Å². The number of benzene rings is 2. The number of carbonyl (C=O) groups excluding carboxylic acids is 4. The lowest BCUT2D eigenvalue weighted by Crippen LogP contribution is -2.48. The molecule has 2 spiro atoms. The summed E-state index contributed by atoms with van der Waals surface area (Å²) in [4.78, 5) is 53.8. The summed E-state index contributed by atoms with van der Waals surface area (Å²) >= 11 is 0. The standard InChI is InChI=1S/C35H42N4O6/c40-30(23-8-10-25-27(20-23)37-32(42)34(25)12-16-44-17-13-34)39-29(22-6-4-2-1-3-5-7-22)31(41)36-24-9-11-26-28(21-24)38-33(43)35(26)14-18-45-19-15-35/h8-11,20-22,29H,1-7,12-19H2,(H,36,41)(H,37,42)(H,38,43)(H,39,40). The third-order valence-electron chi connectivity index (χ3n) is 10.8. The van der Waals surface area contributed by atoms with Crippen LogP contribution in [0.3, 0.4) is 0 Å². The number of carbonyl (C=O) groups is 4. The Bertz CT molecular complexity index is 1500. The lowest BCUT2D eigenvalue weighted by Gasteiger charge is -2.31. The van der Waals surface area contributed by atoms with Crippen LogP contribution in [0.5, 0.6) is 0 Å². The van der Waals surface area contributed by atoms with Crippen molar-refractivity contribution < 1.29 is 28.7 Å². The molecule has 2 saturated heterocycles. The second-order valence-electron chi connectivity index (χ2n) is 13.4. The van der Waals surface area contributed by atoms with Crippen LogP contribution in [0, 0.1) is 5.92 Å². The van der Waals surface area contributed by atoms with Gasteiger partial charge in [0.1, 0.15) is 6.04 Å². The highest BCUT2D eigenvalue weighted by Crippen LogP contribution is 2.46. The van der Waals surface area contributed by atoms with Gasteiger partial charge in [0.25, 0.3) is 5.91 Å². The Labute approximate surface area is 263 Å². The molecule has 4 amide bonds. The van der Waals surface area contributed by atoms with Gasteiger partial charge < -0.3 is 30.7 Å². The van der Waals surface area contributed by atoms with Crippen molar-refractivity contribution in [2.24, 2.45) is 5.92 Å². The summed E-state index contributed by atoms with van der Waals surface area (Å²) in [7, 11) is 0. The minimum atomic E-state index is -0.732. The zero-order valence-corrected chi connectivity index (χ0v) is 25.7. The van der Waals surface area contributed by atoms with Crippen LogP contribution >= 0.6 is 0 Å². The smallest absolute Gasteiger partial charge is 0.252 e. The first-order valence-corrected chi connectivity index (χ1v) is 16.6. The molecule has 5 aliphatic rings. The first-order chi connectivity index (χ1) is 21.9. The van der Waals surface area contributed by atoms with Crippen molar-refractivity contribution in [2.75, 3.05) is 42.4 Å². The van der Waals surface area contributed by atoms with Gasteiger partial charge in [-0.3, -0.25) is 19.2 Å². The van der Waals surface area contributed by atoms with Gasteiger partial charge in [-0.1, -0.05) is 44.2 Å². The molecule has 45 heavy (non-hydrogen) atoms. The van der Waals surface area contributed by atoms with Crippen LogP contribution in [0.4, 0.5) is 17.1 Å². The normalized spacial score (nSPS) is 22.8. The molecule has 1 aliphatic carbocycles. The van der Waals surface area contributed by atoms with E-state index in [4.69, 9.17) is 9.47 Å². The Morgan fingerprint density at radius 3 is 1.87 bits per heavy atom. The number of hydrogen-bond acceptors (Lipinski definition) is 6. The van der Waals surface area contributed by atoms with E-state index in [1.54, 1.807) is 12.1 Å². The van der Waals surface area contributed by atoms with Gasteiger partial charge in [0, 0.05) is 49.1 Å². The Kier molecular flexibility index (Phi) is 8.12. The number of rotatable bonds is 5. The van der Waals surface area contributed by atoms with E-state index in [0.717, 1.165) is 49.7 Å². The lowest BCUT2D eigenvalue weighted by molar-refractivity contribution is -0.124. The first kappa shape index (κ1) is 29.9. The summed E-state index contributed by atoms with van der Waals surface area (Å²) in [5.41, 5.74) is 3.03. The molecule has 4 heterocycles. The van der Waals surface area contributed by atoms with Crippen LogP contribution in [0.1, 0.15) is 92.1 Å². The predicted octanol–water partition coefficient (Wildman–Crippen LogP) is 4.78. The second-order valence-corrected chi connectivity index (χ2v) is 13.4. The van der Waals surface area contributed by atoms with Crippen LogP contribution in [-0.2, 0) is 34.7 Å². The average molecular weight is 615 g/mol. The maximum absolute atomic E-state index is 14.0. The summed E-state index contributed by atoms with van der Waals surface area (Å²) in [6, 6.07) is 10.2. The van der Waals surface area contributed by atoms with Crippen molar-refractivity contribution in [3.8, 4) is 0 Å². The van der Waals surface area contributed by atoms with Gasteiger partial charge in [-0.25, -0.2) is 0 Å². The van der Waals surface area contributed by atoms with Crippen LogP contribution in [0.2, 0.25) is 0 Å². The lowest BCUT2D eigenvalue weighted by atomic mass is 9.75. The largest absolute Gasteiger partial charge is 0.381 e. The number of nitrogens with one attached hydrogen (secondary N) is 4. The highest BCUT2D eigenvalue weighted by molar-refractivity contribution is 6.09. The van der Waals surface area contributed by atoms with Crippen LogP contribution in [-0.4, -0.2) is 56.1 Å². The fourth-order valence-corrected chi connectivity index (χ4v) is 8.17. The Morgan fingerprint density at radius 1 is 0.733 bits per heavy atom. The molecule has 2 aromatic rings. The molecule has 4 aliphatic heterocycles. The van der Waals surface area contributed by atoms with Crippen molar-refractivity contribution in [1.29, 1.82) is 0 Å². The summed E-state index contributed by atoms with van der Waals surface area (Å²) in [5, 5.41) is 12.2. The minimum absolute atomic E-state index is 0.00599. The number of hydrogen-bond donors (Lipinski definition) is 4. The fourth-order valence-electron chi connectivity index (χ4n) is 8.17. The minimum Gasteiger partial charge on any atom is -0.381 e. The molecule has 10 nitrogen and oxygen atoms in total. The molecule has 238 valence electrons. The third-order valence-corrected chi connectivity index (χ3v) is 10.8. The third kappa shape index (κ3) is 5.42. The maximum atomic E-state index is 14.0. The first-order valence-electron chi connectivity index (χ1n) is 16.6. The molecular weight excluding hydrogens is 572 g/mol. The molecule has 3 fully saturated rings. The number of fused-ring (bicyclic) bond motifs is 4. The number of amides is 4. The number of anilines is 3. The summed E-state index contributed by atoms with van der Waals surface area (Å²) in [6.07, 6.45) is 9.66. The molecule has 10 heteroatoms. The van der Waals surface area contributed by atoms with Crippen LogP contribution in [0.15, 0.2) is 36.4 Å². The van der Waals surface area contributed by atoms with E-state index in [0.29, 0.717) is 74.7 Å². The second kappa shape index (κ2) is 12.2. The summed E-state index contributed by atoms with van der Waals surface area (Å²) < 4.78 is 11.0. The molecular formula is C35H42N4O6. The van der Waals surface area contributed by atoms with Gasteiger partial charge in [0.15, 0.2) is 0 Å². The molecule has 1 saturated carbocycles. The van der Waals surface area contributed by atoms with Gasteiger partial charge in [0.05, 0.1) is 10.8 Å². The zero-order valence-electron chi connectivity index (χ0n) is 25.7. The molecule has 1 unspecified atom stereocenters. The van der Waals surface area contributed by atoms with Gasteiger partial charge in [-0.05, 0) is 79.8 Å². The van der Waals surface area contributed by atoms with Crippen molar-refractivity contribution in [3.05, 3.63) is 53.1 Å². The van der Waals surface area contributed by atoms with Crippen molar-refractivity contribution in [2.45, 2.75) is 87.5 Å². The molecule has 0 radical (unpaired) electrons.